The molecule has 0 aliphatic heterocycles. The Morgan fingerprint density at radius 2 is 2.04 bits per heavy atom. The van der Waals surface area contributed by atoms with Crippen molar-refractivity contribution >= 4 is 11.7 Å². The van der Waals surface area contributed by atoms with Crippen molar-refractivity contribution in [2.75, 3.05) is 19.0 Å². The van der Waals surface area contributed by atoms with Crippen molar-refractivity contribution in [1.29, 1.82) is 0 Å². The summed E-state index contributed by atoms with van der Waals surface area (Å²) in [5, 5.41) is 2.67. The quantitative estimate of drug-likeness (QED) is 0.706. The topological polar surface area (TPSA) is 95.3 Å². The van der Waals surface area contributed by atoms with E-state index in [2.05, 4.69) is 15.3 Å². The fourth-order valence-electron chi connectivity index (χ4n) is 2.67. The van der Waals surface area contributed by atoms with Gasteiger partial charge in [-0.1, -0.05) is 0 Å². The lowest BCUT2D eigenvalue weighted by molar-refractivity contribution is 0.102. The third-order valence-electron chi connectivity index (χ3n) is 4.04. The Hall–Kier alpha value is -3.68. The lowest BCUT2D eigenvalue weighted by Gasteiger charge is -2.13. The van der Waals surface area contributed by atoms with Crippen LogP contribution in [-0.4, -0.2) is 34.2 Å². The van der Waals surface area contributed by atoms with Gasteiger partial charge in [-0.2, -0.15) is 0 Å². The van der Waals surface area contributed by atoms with Crippen LogP contribution in [0.5, 0.6) is 11.6 Å². The standard InChI is InChI=1S/C20H20N4O4/c1-4-28-15-6-5-10-21-18(15)23-19(25)17-13(2)9-11-24(20(17)26)14-7-8-16(27-3)22-12-14/h5-12H,4H2,1-3H3,(H,21,23,25). The van der Waals surface area contributed by atoms with E-state index in [1.165, 1.54) is 24.1 Å². The van der Waals surface area contributed by atoms with E-state index in [0.717, 1.165) is 0 Å². The smallest absolute Gasteiger partial charge is 0.268 e. The molecule has 3 heterocycles. The zero-order chi connectivity index (χ0) is 20.1. The van der Waals surface area contributed by atoms with E-state index in [0.29, 0.717) is 29.5 Å². The van der Waals surface area contributed by atoms with Gasteiger partial charge in [0.15, 0.2) is 11.6 Å². The minimum absolute atomic E-state index is 0.0198. The van der Waals surface area contributed by atoms with Gasteiger partial charge in [0, 0.05) is 18.5 Å². The lowest BCUT2D eigenvalue weighted by Crippen LogP contribution is -2.29. The highest BCUT2D eigenvalue weighted by Crippen LogP contribution is 2.21. The Morgan fingerprint density at radius 3 is 2.71 bits per heavy atom. The van der Waals surface area contributed by atoms with Crippen LogP contribution >= 0.6 is 0 Å². The van der Waals surface area contributed by atoms with Crippen LogP contribution in [0.25, 0.3) is 5.69 Å². The average molecular weight is 380 g/mol. The molecule has 0 unspecified atom stereocenters. The highest BCUT2D eigenvalue weighted by atomic mass is 16.5. The number of rotatable bonds is 6. The van der Waals surface area contributed by atoms with Crippen LogP contribution in [0, 0.1) is 6.92 Å². The highest BCUT2D eigenvalue weighted by Gasteiger charge is 2.18. The van der Waals surface area contributed by atoms with Gasteiger partial charge < -0.3 is 14.8 Å². The molecule has 0 bridgehead atoms. The molecule has 0 aliphatic carbocycles. The van der Waals surface area contributed by atoms with Gasteiger partial charge in [-0.3, -0.25) is 14.2 Å². The number of hydrogen-bond donors (Lipinski definition) is 1. The van der Waals surface area contributed by atoms with Gasteiger partial charge in [-0.25, -0.2) is 9.97 Å². The van der Waals surface area contributed by atoms with Crippen molar-refractivity contribution in [3.63, 3.8) is 0 Å². The first-order valence-electron chi connectivity index (χ1n) is 8.67. The molecule has 0 spiro atoms. The second-order valence-corrected chi connectivity index (χ2v) is 5.84. The Labute approximate surface area is 161 Å². The second kappa shape index (κ2) is 8.34. The number of amides is 1. The number of aryl methyl sites for hydroxylation is 1. The molecule has 0 fully saturated rings. The van der Waals surface area contributed by atoms with Crippen LogP contribution in [0.1, 0.15) is 22.8 Å². The van der Waals surface area contributed by atoms with Crippen molar-refractivity contribution in [2.24, 2.45) is 0 Å². The SMILES string of the molecule is CCOc1cccnc1NC(=O)c1c(C)ccn(-c2ccc(OC)nc2)c1=O. The van der Waals surface area contributed by atoms with E-state index in [9.17, 15) is 9.59 Å². The van der Waals surface area contributed by atoms with Gasteiger partial charge in [0.05, 0.1) is 25.6 Å². The molecular weight excluding hydrogens is 360 g/mol. The summed E-state index contributed by atoms with van der Waals surface area (Å²) in [5.41, 5.74) is 0.631. The van der Waals surface area contributed by atoms with Crippen molar-refractivity contribution in [1.82, 2.24) is 14.5 Å². The van der Waals surface area contributed by atoms with Crippen LogP contribution in [0.2, 0.25) is 0 Å². The highest BCUT2D eigenvalue weighted by molar-refractivity contribution is 6.05. The molecule has 8 nitrogen and oxygen atoms in total. The summed E-state index contributed by atoms with van der Waals surface area (Å²) in [6, 6.07) is 8.44. The van der Waals surface area contributed by atoms with Crippen LogP contribution in [-0.2, 0) is 0 Å². The lowest BCUT2D eigenvalue weighted by atomic mass is 10.1. The summed E-state index contributed by atoms with van der Waals surface area (Å²) in [7, 11) is 1.51. The van der Waals surface area contributed by atoms with E-state index >= 15 is 0 Å². The fourth-order valence-corrected chi connectivity index (χ4v) is 2.67. The zero-order valence-electron chi connectivity index (χ0n) is 15.8. The van der Waals surface area contributed by atoms with Crippen LogP contribution in [0.4, 0.5) is 5.82 Å². The number of ether oxygens (including phenoxy) is 2. The van der Waals surface area contributed by atoms with E-state index < -0.39 is 11.5 Å². The summed E-state index contributed by atoms with van der Waals surface area (Å²) in [6.07, 6.45) is 4.64. The van der Waals surface area contributed by atoms with Gasteiger partial charge >= 0.3 is 0 Å². The summed E-state index contributed by atoms with van der Waals surface area (Å²) in [4.78, 5) is 34.1. The minimum atomic E-state index is -0.557. The fraction of sp³-hybridized carbons (Fsp3) is 0.200. The number of carbonyl (C=O) groups is 1. The summed E-state index contributed by atoms with van der Waals surface area (Å²) >= 11 is 0. The van der Waals surface area contributed by atoms with Crippen molar-refractivity contribution in [3.05, 3.63) is 70.4 Å². The van der Waals surface area contributed by atoms with E-state index in [1.54, 1.807) is 43.5 Å². The number of hydrogen-bond acceptors (Lipinski definition) is 6. The second-order valence-electron chi connectivity index (χ2n) is 5.84. The Kier molecular flexibility index (Phi) is 5.69. The van der Waals surface area contributed by atoms with Crippen LogP contribution in [0.15, 0.2) is 53.7 Å². The summed E-state index contributed by atoms with van der Waals surface area (Å²) in [5.74, 6) is 0.569. The number of nitrogens with zero attached hydrogens (tertiary/aromatic N) is 3. The largest absolute Gasteiger partial charge is 0.490 e. The van der Waals surface area contributed by atoms with Gasteiger partial charge in [0.2, 0.25) is 5.88 Å². The molecule has 0 atom stereocenters. The third kappa shape index (κ3) is 3.85. The Bertz CT molecular complexity index is 1040. The molecule has 0 aliphatic rings. The van der Waals surface area contributed by atoms with Gasteiger partial charge in [-0.05, 0) is 43.7 Å². The molecule has 3 aromatic heterocycles. The number of nitrogens with one attached hydrogen (secondary N) is 1. The van der Waals surface area contributed by atoms with Crippen molar-refractivity contribution in [2.45, 2.75) is 13.8 Å². The monoisotopic (exact) mass is 380 g/mol. The Balaban J connectivity index is 1.98. The molecule has 3 aromatic rings. The molecule has 0 saturated heterocycles. The number of methoxy groups -OCH3 is 1. The molecule has 0 saturated carbocycles. The normalized spacial score (nSPS) is 10.4. The van der Waals surface area contributed by atoms with Gasteiger partial charge in [0.1, 0.15) is 5.56 Å². The maximum atomic E-state index is 13.0. The first-order chi connectivity index (χ1) is 13.5. The number of carbonyl (C=O) groups excluding carboxylic acids is 1. The summed E-state index contributed by atoms with van der Waals surface area (Å²) < 4.78 is 11.9. The number of pyridine rings is 3. The maximum Gasteiger partial charge on any atom is 0.268 e. The van der Waals surface area contributed by atoms with E-state index in [-0.39, 0.29) is 11.4 Å². The van der Waals surface area contributed by atoms with Gasteiger partial charge in [-0.15, -0.1) is 0 Å². The molecule has 144 valence electrons. The van der Waals surface area contributed by atoms with E-state index in [4.69, 9.17) is 9.47 Å². The Morgan fingerprint density at radius 1 is 1.21 bits per heavy atom. The molecule has 1 amide bonds. The molecular formula is C20H20N4O4. The first-order valence-corrected chi connectivity index (χ1v) is 8.67. The molecule has 3 rings (SSSR count). The van der Waals surface area contributed by atoms with Crippen molar-refractivity contribution in [3.8, 4) is 17.3 Å². The molecule has 8 heteroatoms. The summed E-state index contributed by atoms with van der Waals surface area (Å²) in [6.45, 7) is 3.96. The average Bonchev–Trinajstić information content (AvgIpc) is 2.70. The van der Waals surface area contributed by atoms with Crippen LogP contribution in [0.3, 0.4) is 0 Å². The van der Waals surface area contributed by atoms with Crippen molar-refractivity contribution < 1.29 is 14.3 Å². The van der Waals surface area contributed by atoms with Gasteiger partial charge in [0.25, 0.3) is 11.5 Å². The predicted molar refractivity (Wildman–Crippen MR) is 104 cm³/mol. The molecule has 0 aromatic carbocycles. The number of anilines is 1. The molecule has 0 radical (unpaired) electrons. The van der Waals surface area contributed by atoms with Crippen LogP contribution < -0.4 is 20.3 Å². The molecule has 1 N–H and O–H groups in total. The third-order valence-corrected chi connectivity index (χ3v) is 4.04. The first kappa shape index (κ1) is 19.1. The predicted octanol–water partition coefficient (Wildman–Crippen LogP) is 2.60. The maximum absolute atomic E-state index is 13.0. The number of aromatic nitrogens is 3. The minimum Gasteiger partial charge on any atom is -0.490 e. The molecule has 28 heavy (non-hydrogen) atoms. The van der Waals surface area contributed by atoms with E-state index in [1.807, 2.05) is 6.92 Å². The zero-order valence-corrected chi connectivity index (χ0v) is 15.8.